The largest absolute Gasteiger partial charge is 0.444 e. The van der Waals surface area contributed by atoms with Crippen LogP contribution < -0.4 is 0 Å². The Morgan fingerprint density at radius 2 is 1.59 bits per heavy atom. The number of amides is 1. The number of carbonyl (C=O) groups excluding carboxylic acids is 1. The van der Waals surface area contributed by atoms with Gasteiger partial charge in [0.2, 0.25) is 5.92 Å². The second-order valence-electron chi connectivity index (χ2n) is 10.1. The minimum Gasteiger partial charge on any atom is -0.444 e. The van der Waals surface area contributed by atoms with Crippen LogP contribution in [-0.2, 0) is 10.9 Å². The van der Waals surface area contributed by atoms with E-state index in [9.17, 15) is 26.7 Å². The van der Waals surface area contributed by atoms with Crippen molar-refractivity contribution in [3.8, 4) is 0 Å². The van der Waals surface area contributed by atoms with Crippen LogP contribution in [0.25, 0.3) is 0 Å². The maximum absolute atomic E-state index is 13.7. The smallest absolute Gasteiger partial charge is 0.416 e. The highest BCUT2D eigenvalue weighted by atomic mass is 19.4. The van der Waals surface area contributed by atoms with Crippen LogP contribution in [0, 0.1) is 5.92 Å². The summed E-state index contributed by atoms with van der Waals surface area (Å²) in [5.74, 6) is -3.12. The Labute approximate surface area is 185 Å². The number of halogens is 5. The molecule has 3 rings (SSSR count). The molecule has 1 aromatic carbocycles. The van der Waals surface area contributed by atoms with Crippen molar-refractivity contribution in [2.45, 2.75) is 83.3 Å². The van der Waals surface area contributed by atoms with Gasteiger partial charge in [0.25, 0.3) is 0 Å². The van der Waals surface area contributed by atoms with Gasteiger partial charge in [-0.3, -0.25) is 4.90 Å². The molecule has 2 fully saturated rings. The highest BCUT2D eigenvalue weighted by molar-refractivity contribution is 5.68. The molecular weight excluding hydrogens is 431 g/mol. The summed E-state index contributed by atoms with van der Waals surface area (Å²) < 4.78 is 71.9. The summed E-state index contributed by atoms with van der Waals surface area (Å²) in [6.45, 7) is 9.87. The van der Waals surface area contributed by atoms with Crippen LogP contribution in [0.1, 0.15) is 64.6 Å². The molecule has 1 saturated carbocycles. The fourth-order valence-corrected chi connectivity index (χ4v) is 4.65. The molecular formula is C23H31F5N2O2. The Balaban J connectivity index is 1.84. The van der Waals surface area contributed by atoms with E-state index in [2.05, 4.69) is 0 Å². The van der Waals surface area contributed by atoms with Crippen molar-refractivity contribution in [2.75, 3.05) is 13.1 Å². The average molecular weight is 463 g/mol. The van der Waals surface area contributed by atoms with Gasteiger partial charge in [0.15, 0.2) is 0 Å². The molecule has 1 amide bonds. The second-order valence-corrected chi connectivity index (χ2v) is 10.1. The number of benzene rings is 1. The Kier molecular flexibility index (Phi) is 6.54. The minimum atomic E-state index is -4.46. The molecule has 1 heterocycles. The van der Waals surface area contributed by atoms with Crippen molar-refractivity contribution < 1.29 is 31.5 Å². The number of ether oxygens (including phenoxy) is 1. The molecule has 1 aliphatic carbocycles. The van der Waals surface area contributed by atoms with Crippen molar-refractivity contribution in [1.82, 2.24) is 9.80 Å². The molecule has 1 aliphatic heterocycles. The van der Waals surface area contributed by atoms with E-state index in [0.29, 0.717) is 18.7 Å². The lowest BCUT2D eigenvalue weighted by Gasteiger charge is -2.52. The number of alkyl halides is 5. The SMILES string of the molecule is C[C@@H]1CN(C(=O)OC(C)(C)C)[C@@H](C)CN1C(c1ccc(C(F)(F)F)cc1)C1CC(F)(F)C1. The zero-order valence-electron chi connectivity index (χ0n) is 19.0. The lowest BCUT2D eigenvalue weighted by molar-refractivity contribution is -0.141. The van der Waals surface area contributed by atoms with Crippen LogP contribution in [0.5, 0.6) is 0 Å². The molecule has 0 spiro atoms. The summed E-state index contributed by atoms with van der Waals surface area (Å²) in [6, 6.07) is 3.92. The number of piperazine rings is 1. The number of rotatable bonds is 3. The van der Waals surface area contributed by atoms with Crippen molar-refractivity contribution in [3.05, 3.63) is 35.4 Å². The molecule has 180 valence electrons. The third-order valence-corrected chi connectivity index (χ3v) is 6.17. The molecule has 32 heavy (non-hydrogen) atoms. The molecule has 0 aromatic heterocycles. The highest BCUT2D eigenvalue weighted by Gasteiger charge is 2.51. The standard InChI is InChI=1S/C23H31F5N2O2/c1-14-13-30(20(31)32-21(3,4)5)15(2)12-29(14)19(17-10-22(24,25)11-17)16-6-8-18(9-7-16)23(26,27)28/h6-9,14-15,17,19H,10-13H2,1-5H3/t14-,15+,19?/m1/s1. The molecule has 1 unspecified atom stereocenters. The predicted molar refractivity (Wildman–Crippen MR) is 110 cm³/mol. The molecule has 0 radical (unpaired) electrons. The predicted octanol–water partition coefficient (Wildman–Crippen LogP) is 6.12. The van der Waals surface area contributed by atoms with Gasteiger partial charge in [-0.25, -0.2) is 13.6 Å². The second kappa shape index (κ2) is 8.47. The zero-order chi connectivity index (χ0) is 24.1. The minimum absolute atomic E-state index is 0.180. The first-order chi connectivity index (χ1) is 14.6. The normalized spacial score (nSPS) is 25.9. The Morgan fingerprint density at radius 3 is 2.06 bits per heavy atom. The molecule has 3 atom stereocenters. The Hall–Kier alpha value is -1.90. The summed E-state index contributed by atoms with van der Waals surface area (Å²) in [7, 11) is 0. The molecule has 0 N–H and O–H groups in total. The van der Waals surface area contributed by atoms with E-state index in [1.165, 1.54) is 12.1 Å². The van der Waals surface area contributed by atoms with Crippen LogP contribution in [0.15, 0.2) is 24.3 Å². The van der Waals surface area contributed by atoms with Crippen LogP contribution in [0.2, 0.25) is 0 Å². The molecule has 1 saturated heterocycles. The Bertz CT molecular complexity index is 811. The first kappa shape index (κ1) is 24.7. The molecule has 0 bridgehead atoms. The molecule has 4 nitrogen and oxygen atoms in total. The number of nitrogens with zero attached hydrogens (tertiary/aromatic N) is 2. The lowest BCUT2D eigenvalue weighted by Crippen LogP contribution is -2.61. The van der Waals surface area contributed by atoms with E-state index in [1.807, 2.05) is 18.7 Å². The van der Waals surface area contributed by atoms with E-state index in [4.69, 9.17) is 4.74 Å². The van der Waals surface area contributed by atoms with Gasteiger partial charge in [0, 0.05) is 44.1 Å². The number of carbonyl (C=O) groups is 1. The first-order valence-corrected chi connectivity index (χ1v) is 10.9. The van der Waals surface area contributed by atoms with E-state index >= 15 is 0 Å². The van der Waals surface area contributed by atoms with Crippen LogP contribution in [0.3, 0.4) is 0 Å². The zero-order valence-corrected chi connectivity index (χ0v) is 19.0. The van der Waals surface area contributed by atoms with Gasteiger partial charge in [-0.2, -0.15) is 13.2 Å². The third-order valence-electron chi connectivity index (χ3n) is 6.17. The van der Waals surface area contributed by atoms with Gasteiger partial charge < -0.3 is 9.64 Å². The van der Waals surface area contributed by atoms with Crippen molar-refractivity contribution >= 4 is 6.09 Å². The monoisotopic (exact) mass is 462 g/mol. The maximum atomic E-state index is 13.7. The van der Waals surface area contributed by atoms with Crippen molar-refractivity contribution in [1.29, 1.82) is 0 Å². The van der Waals surface area contributed by atoms with Crippen LogP contribution >= 0.6 is 0 Å². The van der Waals surface area contributed by atoms with E-state index in [0.717, 1.165) is 12.1 Å². The highest BCUT2D eigenvalue weighted by Crippen LogP contribution is 2.51. The topological polar surface area (TPSA) is 32.8 Å². The lowest BCUT2D eigenvalue weighted by atomic mass is 9.73. The third kappa shape index (κ3) is 5.53. The van der Waals surface area contributed by atoms with E-state index in [1.54, 1.807) is 25.7 Å². The van der Waals surface area contributed by atoms with E-state index < -0.39 is 35.4 Å². The first-order valence-electron chi connectivity index (χ1n) is 10.9. The fourth-order valence-electron chi connectivity index (χ4n) is 4.65. The molecule has 2 aliphatic rings. The van der Waals surface area contributed by atoms with E-state index in [-0.39, 0.29) is 30.8 Å². The summed E-state index contributed by atoms with van der Waals surface area (Å²) in [5, 5.41) is 0. The quantitative estimate of drug-likeness (QED) is 0.507. The molecule has 1 aromatic rings. The summed E-state index contributed by atoms with van der Waals surface area (Å²) in [4.78, 5) is 16.3. The summed E-state index contributed by atoms with van der Waals surface area (Å²) in [5.41, 5.74) is -0.823. The van der Waals surface area contributed by atoms with Gasteiger partial charge in [-0.05, 0) is 58.2 Å². The summed E-state index contributed by atoms with van der Waals surface area (Å²) >= 11 is 0. The van der Waals surface area contributed by atoms with Gasteiger partial charge in [-0.1, -0.05) is 12.1 Å². The van der Waals surface area contributed by atoms with Crippen molar-refractivity contribution in [3.63, 3.8) is 0 Å². The van der Waals surface area contributed by atoms with Crippen LogP contribution in [-0.4, -0.2) is 52.6 Å². The summed E-state index contributed by atoms with van der Waals surface area (Å²) in [6.07, 6.45) is -5.49. The average Bonchev–Trinajstić information content (AvgIpc) is 2.61. The number of hydrogen-bond donors (Lipinski definition) is 0. The number of hydrogen-bond acceptors (Lipinski definition) is 3. The maximum Gasteiger partial charge on any atom is 0.416 e. The van der Waals surface area contributed by atoms with Crippen molar-refractivity contribution in [2.24, 2.45) is 5.92 Å². The fraction of sp³-hybridized carbons (Fsp3) is 0.696. The Morgan fingerprint density at radius 1 is 1.03 bits per heavy atom. The van der Waals surface area contributed by atoms with Gasteiger partial charge in [0.1, 0.15) is 5.60 Å². The molecule has 9 heteroatoms. The van der Waals surface area contributed by atoms with Gasteiger partial charge >= 0.3 is 12.3 Å². The van der Waals surface area contributed by atoms with Gasteiger partial charge in [0.05, 0.1) is 5.56 Å². The van der Waals surface area contributed by atoms with Gasteiger partial charge in [-0.15, -0.1) is 0 Å². The van der Waals surface area contributed by atoms with Crippen LogP contribution in [0.4, 0.5) is 26.7 Å².